The summed E-state index contributed by atoms with van der Waals surface area (Å²) < 4.78 is 0. The molecule has 0 saturated carbocycles. The van der Waals surface area contributed by atoms with Gasteiger partial charge < -0.3 is 5.32 Å². The Balaban J connectivity index is 1.62. The zero-order valence-corrected chi connectivity index (χ0v) is 14.9. The van der Waals surface area contributed by atoms with Crippen LogP contribution in [0.1, 0.15) is 34.8 Å². The van der Waals surface area contributed by atoms with E-state index in [1.165, 1.54) is 29.3 Å². The highest BCUT2D eigenvalue weighted by Crippen LogP contribution is 2.21. The average Bonchev–Trinajstić information content (AvgIpc) is 2.68. The summed E-state index contributed by atoms with van der Waals surface area (Å²) in [7, 11) is 0. The van der Waals surface area contributed by atoms with Crippen molar-refractivity contribution < 1.29 is 9.72 Å². The normalized spacial score (nSPS) is 15.1. The van der Waals surface area contributed by atoms with Gasteiger partial charge in [-0.2, -0.15) is 0 Å². The predicted molar refractivity (Wildman–Crippen MR) is 100 cm³/mol. The lowest BCUT2D eigenvalue weighted by atomic mass is 9.98. The fourth-order valence-electron chi connectivity index (χ4n) is 3.43. The SMILES string of the molecule is CC[C@H](CNC(=O)c1cccc([N+](=O)[O-])c1)N1CCc2ccccc2C1. The smallest absolute Gasteiger partial charge is 0.270 e. The van der Waals surface area contributed by atoms with E-state index in [1.54, 1.807) is 6.07 Å². The fourth-order valence-corrected chi connectivity index (χ4v) is 3.43. The zero-order chi connectivity index (χ0) is 18.5. The van der Waals surface area contributed by atoms with E-state index in [2.05, 4.69) is 41.4 Å². The van der Waals surface area contributed by atoms with E-state index >= 15 is 0 Å². The van der Waals surface area contributed by atoms with Crippen LogP contribution in [0.4, 0.5) is 5.69 Å². The Labute approximate surface area is 153 Å². The first-order valence-corrected chi connectivity index (χ1v) is 8.92. The molecule has 2 aromatic rings. The number of rotatable bonds is 6. The molecule has 0 radical (unpaired) electrons. The highest BCUT2D eigenvalue weighted by molar-refractivity contribution is 5.94. The van der Waals surface area contributed by atoms with Crippen LogP contribution < -0.4 is 5.32 Å². The Kier molecular flexibility index (Phi) is 5.63. The van der Waals surface area contributed by atoms with Gasteiger partial charge >= 0.3 is 0 Å². The van der Waals surface area contributed by atoms with Crippen LogP contribution >= 0.6 is 0 Å². The molecule has 0 fully saturated rings. The van der Waals surface area contributed by atoms with Crippen LogP contribution in [0.15, 0.2) is 48.5 Å². The Morgan fingerprint density at radius 1 is 1.23 bits per heavy atom. The molecule has 1 aliphatic heterocycles. The van der Waals surface area contributed by atoms with Gasteiger partial charge in [0.2, 0.25) is 0 Å². The number of hydrogen-bond donors (Lipinski definition) is 1. The van der Waals surface area contributed by atoms with Crippen molar-refractivity contribution in [2.45, 2.75) is 32.4 Å². The van der Waals surface area contributed by atoms with Crippen molar-refractivity contribution in [3.63, 3.8) is 0 Å². The lowest BCUT2D eigenvalue weighted by molar-refractivity contribution is -0.384. The maximum absolute atomic E-state index is 12.4. The number of non-ortho nitro benzene ring substituents is 1. The van der Waals surface area contributed by atoms with Crippen molar-refractivity contribution in [2.75, 3.05) is 13.1 Å². The lowest BCUT2D eigenvalue weighted by Crippen LogP contribution is -2.45. The van der Waals surface area contributed by atoms with E-state index in [4.69, 9.17) is 0 Å². The van der Waals surface area contributed by atoms with Gasteiger partial charge in [-0.25, -0.2) is 0 Å². The monoisotopic (exact) mass is 353 g/mol. The van der Waals surface area contributed by atoms with Crippen LogP contribution in [0, 0.1) is 10.1 Å². The van der Waals surface area contributed by atoms with Gasteiger partial charge in [0.05, 0.1) is 4.92 Å². The summed E-state index contributed by atoms with van der Waals surface area (Å²) in [6.45, 7) is 4.51. The van der Waals surface area contributed by atoms with Gasteiger partial charge in [0, 0.05) is 43.4 Å². The highest BCUT2D eigenvalue weighted by atomic mass is 16.6. The van der Waals surface area contributed by atoms with Gasteiger partial charge in [-0.1, -0.05) is 37.3 Å². The number of hydrogen-bond acceptors (Lipinski definition) is 4. The molecule has 1 amide bonds. The van der Waals surface area contributed by atoms with E-state index < -0.39 is 4.92 Å². The Hall–Kier alpha value is -2.73. The fraction of sp³-hybridized carbons (Fsp3) is 0.350. The van der Waals surface area contributed by atoms with E-state index in [0.717, 1.165) is 25.9 Å². The maximum atomic E-state index is 12.4. The second-order valence-corrected chi connectivity index (χ2v) is 6.57. The number of benzene rings is 2. The summed E-state index contributed by atoms with van der Waals surface area (Å²) in [5.41, 5.74) is 3.00. The molecule has 6 heteroatoms. The molecule has 0 unspecified atom stereocenters. The molecule has 0 aromatic heterocycles. The Morgan fingerprint density at radius 3 is 2.73 bits per heavy atom. The van der Waals surface area contributed by atoms with Crippen LogP contribution in [0.2, 0.25) is 0 Å². The molecule has 1 atom stereocenters. The summed E-state index contributed by atoms with van der Waals surface area (Å²) in [5, 5.41) is 13.8. The highest BCUT2D eigenvalue weighted by Gasteiger charge is 2.23. The molecule has 1 aliphatic rings. The average molecular weight is 353 g/mol. The van der Waals surface area contributed by atoms with Crippen molar-refractivity contribution in [1.82, 2.24) is 10.2 Å². The van der Waals surface area contributed by atoms with Gasteiger partial charge in [-0.05, 0) is 30.0 Å². The number of nitro benzene ring substituents is 1. The molecule has 1 N–H and O–H groups in total. The molecule has 2 aromatic carbocycles. The van der Waals surface area contributed by atoms with Crippen molar-refractivity contribution >= 4 is 11.6 Å². The van der Waals surface area contributed by atoms with Gasteiger partial charge in [-0.3, -0.25) is 19.8 Å². The number of fused-ring (bicyclic) bond motifs is 1. The molecular weight excluding hydrogens is 330 g/mol. The summed E-state index contributed by atoms with van der Waals surface area (Å²) in [4.78, 5) is 25.1. The Morgan fingerprint density at radius 2 is 2.00 bits per heavy atom. The van der Waals surface area contributed by atoms with E-state index in [-0.39, 0.29) is 17.6 Å². The van der Waals surface area contributed by atoms with Gasteiger partial charge in [-0.15, -0.1) is 0 Å². The van der Waals surface area contributed by atoms with Crippen LogP contribution in [0.3, 0.4) is 0 Å². The summed E-state index contributed by atoms with van der Waals surface area (Å²) in [6.07, 6.45) is 1.95. The minimum atomic E-state index is -0.489. The second kappa shape index (κ2) is 8.10. The predicted octanol–water partition coefficient (Wildman–Crippen LogP) is 3.16. The van der Waals surface area contributed by atoms with Crippen LogP contribution in [-0.4, -0.2) is 34.9 Å². The van der Waals surface area contributed by atoms with Crippen LogP contribution in [-0.2, 0) is 13.0 Å². The van der Waals surface area contributed by atoms with Crippen molar-refractivity contribution in [3.8, 4) is 0 Å². The molecule has 26 heavy (non-hydrogen) atoms. The minimum Gasteiger partial charge on any atom is -0.350 e. The van der Waals surface area contributed by atoms with E-state index in [1.807, 2.05) is 0 Å². The first kappa shape index (κ1) is 18.1. The summed E-state index contributed by atoms with van der Waals surface area (Å²) >= 11 is 0. The first-order chi connectivity index (χ1) is 12.6. The number of carbonyl (C=O) groups excluding carboxylic acids is 1. The van der Waals surface area contributed by atoms with Gasteiger partial charge in [0.25, 0.3) is 11.6 Å². The third-order valence-electron chi connectivity index (χ3n) is 4.97. The van der Waals surface area contributed by atoms with Crippen molar-refractivity contribution in [1.29, 1.82) is 0 Å². The van der Waals surface area contributed by atoms with Crippen LogP contribution in [0.25, 0.3) is 0 Å². The van der Waals surface area contributed by atoms with Crippen molar-refractivity contribution in [2.24, 2.45) is 0 Å². The molecule has 0 bridgehead atoms. The number of nitrogens with zero attached hydrogens (tertiary/aromatic N) is 2. The molecule has 6 nitrogen and oxygen atoms in total. The van der Waals surface area contributed by atoms with Gasteiger partial charge in [0.1, 0.15) is 0 Å². The van der Waals surface area contributed by atoms with Crippen LogP contribution in [0.5, 0.6) is 0 Å². The maximum Gasteiger partial charge on any atom is 0.270 e. The summed E-state index contributed by atoms with van der Waals surface area (Å²) in [6, 6.07) is 14.5. The largest absolute Gasteiger partial charge is 0.350 e. The third kappa shape index (κ3) is 4.08. The molecule has 0 aliphatic carbocycles. The number of nitro groups is 1. The molecule has 0 spiro atoms. The van der Waals surface area contributed by atoms with E-state index in [9.17, 15) is 14.9 Å². The standard InChI is InChI=1S/C20H23N3O3/c1-2-18(22-11-10-15-6-3-4-7-17(15)14-22)13-21-20(24)16-8-5-9-19(12-16)23(25)26/h3-9,12,18H,2,10-11,13-14H2,1H3,(H,21,24)/t18-/m1/s1. The van der Waals surface area contributed by atoms with Gasteiger partial charge in [0.15, 0.2) is 0 Å². The molecular formula is C20H23N3O3. The van der Waals surface area contributed by atoms with Crippen molar-refractivity contribution in [3.05, 3.63) is 75.3 Å². The van der Waals surface area contributed by atoms with E-state index in [0.29, 0.717) is 12.1 Å². The number of carbonyl (C=O) groups is 1. The number of nitrogens with one attached hydrogen (secondary N) is 1. The first-order valence-electron chi connectivity index (χ1n) is 8.92. The number of amides is 1. The minimum absolute atomic E-state index is 0.0719. The molecule has 0 saturated heterocycles. The molecule has 3 rings (SSSR count). The third-order valence-corrected chi connectivity index (χ3v) is 4.97. The summed E-state index contributed by atoms with van der Waals surface area (Å²) in [5.74, 6) is -0.274. The molecule has 1 heterocycles. The lowest BCUT2D eigenvalue weighted by Gasteiger charge is -2.35. The second-order valence-electron chi connectivity index (χ2n) is 6.57. The zero-order valence-electron chi connectivity index (χ0n) is 14.9. The quantitative estimate of drug-likeness (QED) is 0.639. The molecule has 136 valence electrons. The Bertz CT molecular complexity index is 806. The topological polar surface area (TPSA) is 75.5 Å².